The second-order valence-corrected chi connectivity index (χ2v) is 6.31. The van der Waals surface area contributed by atoms with Crippen LogP contribution >= 0.6 is 0 Å². The zero-order valence-corrected chi connectivity index (χ0v) is 14.8. The zero-order chi connectivity index (χ0) is 18.8. The number of nitrogens with one attached hydrogen (secondary N) is 4. The van der Waals surface area contributed by atoms with Crippen molar-refractivity contribution in [2.75, 3.05) is 10.6 Å². The highest BCUT2D eigenvalue weighted by molar-refractivity contribution is 5.98. The number of aromatic nitrogens is 1. The van der Waals surface area contributed by atoms with Gasteiger partial charge in [-0.2, -0.15) is 0 Å². The standard InChI is InChI=1S/C21H17N7/c1-5-14-13-15(6-1)23-17-8-3-10-19(25-17)27-21-12-4-11-20(28-21)26-18-9-2-7-16(22-14)24-18/h1-13H,(H4,22,23,24,25,26,27,28). The molecule has 0 radical (unpaired) electrons. The molecule has 1 aromatic carbocycles. The number of hydrogen-bond acceptors (Lipinski definition) is 7. The zero-order valence-electron chi connectivity index (χ0n) is 14.8. The summed E-state index contributed by atoms with van der Waals surface area (Å²) in [6, 6.07) is 13.6. The minimum absolute atomic E-state index is 0.582. The highest BCUT2D eigenvalue weighted by Crippen LogP contribution is 2.20. The number of amidine groups is 2. The van der Waals surface area contributed by atoms with Gasteiger partial charge in [0.2, 0.25) is 0 Å². The Hall–Kier alpha value is -4.13. The van der Waals surface area contributed by atoms with Crippen LogP contribution in [0.15, 0.2) is 101 Å². The van der Waals surface area contributed by atoms with Crippen LogP contribution in [-0.2, 0) is 0 Å². The van der Waals surface area contributed by atoms with Crippen LogP contribution in [0.5, 0.6) is 0 Å². The minimum atomic E-state index is 0.582. The topological polar surface area (TPSA) is 85.7 Å². The molecule has 0 amide bonds. The van der Waals surface area contributed by atoms with E-state index in [2.05, 4.69) is 36.2 Å². The van der Waals surface area contributed by atoms with Gasteiger partial charge in [0.1, 0.15) is 23.3 Å². The van der Waals surface area contributed by atoms with Crippen molar-refractivity contribution in [3.8, 4) is 0 Å². The van der Waals surface area contributed by atoms with E-state index < -0.39 is 0 Å². The lowest BCUT2D eigenvalue weighted by molar-refractivity contribution is 1.09. The summed E-state index contributed by atoms with van der Waals surface area (Å²) in [5.74, 6) is 4.23. The summed E-state index contributed by atoms with van der Waals surface area (Å²) in [4.78, 5) is 13.7. The summed E-state index contributed by atoms with van der Waals surface area (Å²) in [6.07, 6.45) is 11.6. The molecule has 0 aliphatic carbocycles. The van der Waals surface area contributed by atoms with Gasteiger partial charge < -0.3 is 21.3 Å². The molecule has 0 unspecified atom stereocenters. The second-order valence-electron chi connectivity index (χ2n) is 6.31. The van der Waals surface area contributed by atoms with Crippen LogP contribution in [0.4, 0.5) is 23.0 Å². The van der Waals surface area contributed by atoms with Gasteiger partial charge in [0, 0.05) is 11.4 Å². The lowest BCUT2D eigenvalue weighted by Crippen LogP contribution is -2.28. The van der Waals surface area contributed by atoms with Crippen molar-refractivity contribution in [2.45, 2.75) is 0 Å². The Morgan fingerprint density at radius 2 is 1.14 bits per heavy atom. The van der Waals surface area contributed by atoms with E-state index in [4.69, 9.17) is 0 Å². The van der Waals surface area contributed by atoms with E-state index in [-0.39, 0.29) is 0 Å². The molecule has 0 saturated heterocycles. The van der Waals surface area contributed by atoms with Crippen LogP contribution in [-0.4, -0.2) is 16.7 Å². The van der Waals surface area contributed by atoms with E-state index in [1.54, 1.807) is 0 Å². The second kappa shape index (κ2) is 6.88. The molecule has 1 aromatic heterocycles. The predicted octanol–water partition coefficient (Wildman–Crippen LogP) is 3.68. The predicted molar refractivity (Wildman–Crippen MR) is 113 cm³/mol. The summed E-state index contributed by atoms with van der Waals surface area (Å²) in [5.41, 5.74) is 1.90. The van der Waals surface area contributed by atoms with E-state index in [1.807, 2.05) is 78.9 Å². The van der Waals surface area contributed by atoms with Crippen molar-refractivity contribution in [2.24, 2.45) is 9.98 Å². The molecule has 8 bridgehead atoms. The molecule has 0 saturated carbocycles. The SMILES string of the molecule is C1=CC2=Nc3cccc(n3)N=C3C=CC=C(N3)Nc3cccc(c3)NC(=C1)N2. The van der Waals surface area contributed by atoms with E-state index in [9.17, 15) is 0 Å². The molecule has 0 spiro atoms. The average Bonchev–Trinajstić information content (AvgIpc) is 2.69. The molecule has 7 heteroatoms. The largest absolute Gasteiger partial charge is 0.342 e. The van der Waals surface area contributed by atoms with Crippen LogP contribution in [0.2, 0.25) is 0 Å². The van der Waals surface area contributed by atoms with E-state index in [0.717, 1.165) is 23.0 Å². The molecular formula is C21H17N7. The van der Waals surface area contributed by atoms with Crippen LogP contribution in [0.25, 0.3) is 0 Å². The quantitative estimate of drug-likeness (QED) is 0.571. The Morgan fingerprint density at radius 3 is 1.71 bits per heavy atom. The molecule has 3 aliphatic heterocycles. The van der Waals surface area contributed by atoms with Gasteiger partial charge in [0.25, 0.3) is 0 Å². The van der Waals surface area contributed by atoms with Gasteiger partial charge in [-0.3, -0.25) is 0 Å². The fraction of sp³-hybridized carbons (Fsp3) is 0. The Kier molecular flexibility index (Phi) is 3.95. The lowest BCUT2D eigenvalue weighted by atomic mass is 10.2. The highest BCUT2D eigenvalue weighted by atomic mass is 15.2. The number of benzene rings is 1. The van der Waals surface area contributed by atoms with Gasteiger partial charge in [-0.15, -0.1) is 0 Å². The van der Waals surface area contributed by atoms with Gasteiger partial charge in [0.05, 0.1) is 0 Å². The summed E-state index contributed by atoms with van der Waals surface area (Å²) in [7, 11) is 0. The molecule has 3 aliphatic rings. The summed E-state index contributed by atoms with van der Waals surface area (Å²) >= 11 is 0. The number of nitrogens with zero attached hydrogens (tertiary/aromatic N) is 3. The molecule has 7 nitrogen and oxygen atoms in total. The van der Waals surface area contributed by atoms with E-state index >= 15 is 0 Å². The number of hydrogen-bond donors (Lipinski definition) is 4. The van der Waals surface area contributed by atoms with Crippen LogP contribution in [0.3, 0.4) is 0 Å². The number of allylic oxidation sites excluding steroid dienone is 4. The van der Waals surface area contributed by atoms with Crippen LogP contribution < -0.4 is 21.3 Å². The fourth-order valence-electron chi connectivity index (χ4n) is 2.96. The van der Waals surface area contributed by atoms with Crippen molar-refractivity contribution < 1.29 is 0 Å². The Morgan fingerprint density at radius 1 is 0.607 bits per heavy atom. The van der Waals surface area contributed by atoms with Gasteiger partial charge in [-0.25, -0.2) is 15.0 Å². The molecule has 0 fully saturated rings. The molecule has 2 aromatic rings. The van der Waals surface area contributed by atoms with Crippen molar-refractivity contribution in [3.63, 3.8) is 0 Å². The number of anilines is 2. The first-order chi connectivity index (χ1) is 13.8. The van der Waals surface area contributed by atoms with E-state index in [0.29, 0.717) is 23.3 Å². The first-order valence-corrected chi connectivity index (χ1v) is 8.90. The third kappa shape index (κ3) is 3.54. The minimum Gasteiger partial charge on any atom is -0.342 e. The fourth-order valence-corrected chi connectivity index (χ4v) is 2.96. The maximum absolute atomic E-state index is 4.59. The molecule has 4 heterocycles. The third-order valence-corrected chi connectivity index (χ3v) is 4.17. The smallest absolute Gasteiger partial charge is 0.156 e. The maximum atomic E-state index is 4.59. The van der Waals surface area contributed by atoms with Crippen molar-refractivity contribution in [1.29, 1.82) is 0 Å². The number of pyridine rings is 1. The number of dihydropyridines is 2. The monoisotopic (exact) mass is 367 g/mol. The number of rotatable bonds is 0. The van der Waals surface area contributed by atoms with Crippen molar-refractivity contribution in [1.82, 2.24) is 15.6 Å². The highest BCUT2D eigenvalue weighted by Gasteiger charge is 2.09. The maximum Gasteiger partial charge on any atom is 0.156 e. The normalized spacial score (nSPS) is 16.9. The Labute approximate surface area is 162 Å². The molecular weight excluding hydrogens is 350 g/mol. The summed E-state index contributed by atoms with van der Waals surface area (Å²) < 4.78 is 0. The van der Waals surface area contributed by atoms with Gasteiger partial charge >= 0.3 is 0 Å². The van der Waals surface area contributed by atoms with E-state index in [1.165, 1.54) is 0 Å². The van der Waals surface area contributed by atoms with Gasteiger partial charge in [-0.05, 0) is 54.6 Å². The molecule has 136 valence electrons. The lowest BCUT2D eigenvalue weighted by Gasteiger charge is -2.19. The number of aliphatic imine (C=N–C) groups is 2. The Balaban J connectivity index is 1.59. The van der Waals surface area contributed by atoms with Crippen molar-refractivity contribution in [3.05, 3.63) is 90.6 Å². The first kappa shape index (κ1) is 16.1. The third-order valence-electron chi connectivity index (χ3n) is 4.17. The molecule has 28 heavy (non-hydrogen) atoms. The average molecular weight is 367 g/mol. The molecule has 4 N–H and O–H groups in total. The van der Waals surface area contributed by atoms with Crippen molar-refractivity contribution >= 4 is 34.7 Å². The molecule has 0 atom stereocenters. The Bertz CT molecular complexity index is 1040. The first-order valence-electron chi connectivity index (χ1n) is 8.90. The summed E-state index contributed by atoms with van der Waals surface area (Å²) in [5, 5.41) is 13.3. The molecule has 5 rings (SSSR count). The van der Waals surface area contributed by atoms with Crippen LogP contribution in [0.1, 0.15) is 0 Å². The summed E-state index contributed by atoms with van der Waals surface area (Å²) in [6.45, 7) is 0. The van der Waals surface area contributed by atoms with Gasteiger partial charge in [0.15, 0.2) is 11.6 Å². The van der Waals surface area contributed by atoms with Crippen LogP contribution in [0, 0.1) is 0 Å². The van der Waals surface area contributed by atoms with Gasteiger partial charge in [-0.1, -0.05) is 24.3 Å². The number of fused-ring (bicyclic) bond motifs is 8.